The summed E-state index contributed by atoms with van der Waals surface area (Å²) in [4.78, 5) is 13.1. The summed E-state index contributed by atoms with van der Waals surface area (Å²) in [6, 6.07) is 21.1. The zero-order valence-corrected chi connectivity index (χ0v) is 20.4. The van der Waals surface area contributed by atoms with Crippen molar-refractivity contribution >= 4 is 28.1 Å². The highest BCUT2D eigenvalue weighted by Gasteiger charge is 2.39. The lowest BCUT2D eigenvalue weighted by atomic mass is 9.85. The molecule has 0 aliphatic carbocycles. The van der Waals surface area contributed by atoms with Gasteiger partial charge >= 0.3 is 0 Å². The van der Waals surface area contributed by atoms with Crippen LogP contribution in [-0.2, 0) is 10.4 Å². The minimum absolute atomic E-state index is 0.0401. The molecule has 172 valence electrons. The van der Waals surface area contributed by atoms with E-state index < -0.39 is 11.5 Å². The molecule has 7 heteroatoms. The predicted molar refractivity (Wildman–Crippen MR) is 133 cm³/mol. The van der Waals surface area contributed by atoms with Crippen molar-refractivity contribution in [3.05, 3.63) is 94.0 Å². The summed E-state index contributed by atoms with van der Waals surface area (Å²) in [5.74, 6) is 0.495. The average molecular weight is 511 g/mol. The number of halogens is 1. The van der Waals surface area contributed by atoms with Crippen molar-refractivity contribution in [3.8, 4) is 11.5 Å². The second-order valence-electron chi connectivity index (χ2n) is 7.50. The Kier molecular flexibility index (Phi) is 8.25. The summed E-state index contributed by atoms with van der Waals surface area (Å²) in [5, 5.41) is 15.6. The summed E-state index contributed by atoms with van der Waals surface area (Å²) >= 11 is 3.51. The van der Waals surface area contributed by atoms with Crippen LogP contribution in [0.15, 0.2) is 82.4 Å². The van der Waals surface area contributed by atoms with Crippen molar-refractivity contribution < 1.29 is 19.4 Å². The van der Waals surface area contributed by atoms with Gasteiger partial charge in [-0.3, -0.25) is 4.79 Å². The highest BCUT2D eigenvalue weighted by atomic mass is 79.9. The molecular weight excluding hydrogens is 484 g/mol. The van der Waals surface area contributed by atoms with Gasteiger partial charge in [-0.05, 0) is 52.5 Å². The Bertz CT molecular complexity index is 1060. The van der Waals surface area contributed by atoms with Crippen LogP contribution in [0.4, 0.5) is 0 Å². The van der Waals surface area contributed by atoms with Crippen molar-refractivity contribution in [1.29, 1.82) is 0 Å². The number of ether oxygens (including phenoxy) is 2. The van der Waals surface area contributed by atoms with E-state index in [0.29, 0.717) is 28.2 Å². The average Bonchev–Trinajstić information content (AvgIpc) is 2.85. The fourth-order valence-electron chi connectivity index (χ4n) is 3.23. The standard InChI is InChI=1S/C26H27BrN2O4/c1-4-18(2)33-24-16-22(27)19(15-23(24)32-3)17-28-29-25(30)26(31,20-11-7-5-8-12-20)21-13-9-6-10-14-21/h5-18,31H,4H2,1-3H3,(H,29,30)/b28-17-/t18-/m0/s1. The summed E-state index contributed by atoms with van der Waals surface area (Å²) < 4.78 is 12.1. The highest BCUT2D eigenvalue weighted by Crippen LogP contribution is 2.34. The molecule has 2 N–H and O–H groups in total. The van der Waals surface area contributed by atoms with Crippen molar-refractivity contribution in [3.63, 3.8) is 0 Å². The lowest BCUT2D eigenvalue weighted by molar-refractivity contribution is -0.136. The fourth-order valence-corrected chi connectivity index (χ4v) is 3.66. The lowest BCUT2D eigenvalue weighted by Crippen LogP contribution is -2.43. The first kappa shape index (κ1) is 24.5. The minimum Gasteiger partial charge on any atom is -0.493 e. The molecule has 0 bridgehead atoms. The third kappa shape index (κ3) is 5.61. The molecule has 1 atom stereocenters. The lowest BCUT2D eigenvalue weighted by Gasteiger charge is -2.27. The first-order chi connectivity index (χ1) is 15.9. The van der Waals surface area contributed by atoms with E-state index in [9.17, 15) is 9.90 Å². The molecule has 0 fully saturated rings. The molecule has 1 amide bonds. The van der Waals surface area contributed by atoms with E-state index in [2.05, 4.69) is 26.5 Å². The monoisotopic (exact) mass is 510 g/mol. The molecule has 0 heterocycles. The number of rotatable bonds is 9. The Morgan fingerprint density at radius 2 is 1.67 bits per heavy atom. The Morgan fingerprint density at radius 3 is 2.18 bits per heavy atom. The zero-order chi connectivity index (χ0) is 23.8. The van der Waals surface area contributed by atoms with Gasteiger partial charge in [0, 0.05) is 10.0 Å². The minimum atomic E-state index is -1.90. The summed E-state index contributed by atoms with van der Waals surface area (Å²) in [7, 11) is 1.56. The van der Waals surface area contributed by atoms with Gasteiger partial charge in [-0.1, -0.05) is 67.6 Å². The number of carbonyl (C=O) groups is 1. The van der Waals surface area contributed by atoms with Crippen LogP contribution in [0.2, 0.25) is 0 Å². The quantitative estimate of drug-likeness (QED) is 0.312. The second kappa shape index (κ2) is 11.1. The predicted octanol–water partition coefficient (Wildman–Crippen LogP) is 5.02. The number of benzene rings is 3. The maximum Gasteiger partial charge on any atom is 0.281 e. The molecule has 33 heavy (non-hydrogen) atoms. The van der Waals surface area contributed by atoms with E-state index in [1.165, 1.54) is 6.21 Å². The van der Waals surface area contributed by atoms with Crippen LogP contribution >= 0.6 is 15.9 Å². The molecular formula is C26H27BrN2O4. The number of nitrogens with one attached hydrogen (secondary N) is 1. The van der Waals surface area contributed by atoms with Crippen LogP contribution in [0.3, 0.4) is 0 Å². The van der Waals surface area contributed by atoms with E-state index in [-0.39, 0.29) is 6.10 Å². The Labute approximate surface area is 202 Å². The molecule has 0 aliphatic heterocycles. The number of methoxy groups -OCH3 is 1. The van der Waals surface area contributed by atoms with Gasteiger partial charge in [0.15, 0.2) is 17.1 Å². The molecule has 0 saturated carbocycles. The van der Waals surface area contributed by atoms with Crippen LogP contribution in [0.5, 0.6) is 11.5 Å². The van der Waals surface area contributed by atoms with Gasteiger partial charge in [0.05, 0.1) is 19.4 Å². The molecule has 3 aromatic carbocycles. The van der Waals surface area contributed by atoms with E-state index in [4.69, 9.17) is 9.47 Å². The smallest absolute Gasteiger partial charge is 0.281 e. The topological polar surface area (TPSA) is 80.2 Å². The number of carbonyl (C=O) groups excluding carboxylic acids is 1. The van der Waals surface area contributed by atoms with Crippen molar-refractivity contribution in [1.82, 2.24) is 5.43 Å². The number of nitrogens with zero attached hydrogens (tertiary/aromatic N) is 1. The van der Waals surface area contributed by atoms with Gasteiger partial charge < -0.3 is 14.6 Å². The summed E-state index contributed by atoms with van der Waals surface area (Å²) in [5.41, 5.74) is 2.14. The van der Waals surface area contributed by atoms with Crippen LogP contribution in [0, 0.1) is 0 Å². The van der Waals surface area contributed by atoms with Crippen molar-refractivity contribution in [2.24, 2.45) is 5.10 Å². The van der Waals surface area contributed by atoms with Gasteiger partial charge in [0.1, 0.15) is 0 Å². The normalized spacial score (nSPS) is 12.4. The number of amides is 1. The SMILES string of the molecule is CC[C@H](C)Oc1cc(Br)c(/C=N\NC(=O)C(O)(c2ccccc2)c2ccccc2)cc1OC. The molecule has 0 saturated heterocycles. The van der Waals surface area contributed by atoms with E-state index >= 15 is 0 Å². The molecule has 0 radical (unpaired) electrons. The van der Waals surface area contributed by atoms with E-state index in [1.54, 1.807) is 67.8 Å². The number of hydrogen-bond acceptors (Lipinski definition) is 5. The molecule has 6 nitrogen and oxygen atoms in total. The highest BCUT2D eigenvalue weighted by molar-refractivity contribution is 9.10. The molecule has 0 aliphatic rings. The summed E-state index contributed by atoms with van der Waals surface area (Å²) in [6.45, 7) is 4.03. The number of hydrazone groups is 1. The second-order valence-corrected chi connectivity index (χ2v) is 8.36. The first-order valence-corrected chi connectivity index (χ1v) is 11.4. The zero-order valence-electron chi connectivity index (χ0n) is 18.8. The van der Waals surface area contributed by atoms with Crippen molar-refractivity contribution in [2.75, 3.05) is 7.11 Å². The molecule has 0 unspecified atom stereocenters. The van der Waals surface area contributed by atoms with E-state index in [1.807, 2.05) is 26.0 Å². The van der Waals surface area contributed by atoms with Crippen LogP contribution in [-0.4, -0.2) is 30.4 Å². The fraction of sp³-hybridized carbons (Fsp3) is 0.231. The number of aliphatic hydroxyl groups is 1. The first-order valence-electron chi connectivity index (χ1n) is 10.6. The molecule has 3 rings (SSSR count). The Hall–Kier alpha value is -3.16. The third-order valence-electron chi connectivity index (χ3n) is 5.27. The molecule has 0 aromatic heterocycles. The van der Waals surface area contributed by atoms with Gasteiger partial charge in [-0.15, -0.1) is 0 Å². The van der Waals surface area contributed by atoms with Crippen LogP contribution in [0.1, 0.15) is 37.0 Å². The maximum atomic E-state index is 13.1. The Balaban J connectivity index is 1.86. The van der Waals surface area contributed by atoms with Crippen LogP contribution < -0.4 is 14.9 Å². The van der Waals surface area contributed by atoms with Gasteiger partial charge in [0.25, 0.3) is 5.91 Å². The number of hydrogen-bond donors (Lipinski definition) is 2. The molecule has 3 aromatic rings. The van der Waals surface area contributed by atoms with Gasteiger partial charge in [0.2, 0.25) is 0 Å². The maximum absolute atomic E-state index is 13.1. The largest absolute Gasteiger partial charge is 0.493 e. The van der Waals surface area contributed by atoms with Crippen LogP contribution in [0.25, 0.3) is 0 Å². The molecule has 0 spiro atoms. The summed E-state index contributed by atoms with van der Waals surface area (Å²) in [6.07, 6.45) is 2.38. The van der Waals surface area contributed by atoms with Gasteiger partial charge in [-0.25, -0.2) is 5.43 Å². The Morgan fingerprint density at radius 1 is 1.09 bits per heavy atom. The van der Waals surface area contributed by atoms with Gasteiger partial charge in [-0.2, -0.15) is 5.10 Å². The van der Waals surface area contributed by atoms with Crippen molar-refractivity contribution in [2.45, 2.75) is 32.0 Å². The van der Waals surface area contributed by atoms with E-state index in [0.717, 1.165) is 10.9 Å². The third-order valence-corrected chi connectivity index (χ3v) is 5.95.